The number of carbonyl (C=O) groups excluding carboxylic acids is 3. The summed E-state index contributed by atoms with van der Waals surface area (Å²) < 4.78 is 5.00. The number of urea groups is 1. The average Bonchev–Trinajstić information content (AvgIpc) is 2.87. The summed E-state index contributed by atoms with van der Waals surface area (Å²) in [6.07, 6.45) is 0. The first-order valence-electron chi connectivity index (χ1n) is 7.59. The molecule has 1 aliphatic rings. The highest BCUT2D eigenvalue weighted by Gasteiger charge is 2.51. The summed E-state index contributed by atoms with van der Waals surface area (Å²) >= 11 is 0. The van der Waals surface area contributed by atoms with Gasteiger partial charge in [-0.3, -0.25) is 9.69 Å². The van der Waals surface area contributed by atoms with Gasteiger partial charge < -0.3 is 4.74 Å². The fourth-order valence-corrected chi connectivity index (χ4v) is 2.64. The third-order valence-electron chi connectivity index (χ3n) is 3.67. The maximum Gasteiger partial charge on any atom is 0.339 e. The number of carbonyl (C=O) groups is 3. The largest absolute Gasteiger partial charge is 0.464 e. The van der Waals surface area contributed by atoms with Crippen LogP contribution in [0.1, 0.15) is 6.92 Å². The Bertz CT molecular complexity index is 761. The molecule has 1 aliphatic heterocycles. The lowest BCUT2D eigenvalue weighted by Gasteiger charge is -2.20. The molecule has 0 aromatic heterocycles. The lowest BCUT2D eigenvalue weighted by Crippen LogP contribution is -2.42. The van der Waals surface area contributed by atoms with E-state index in [1.54, 1.807) is 67.6 Å². The van der Waals surface area contributed by atoms with Crippen LogP contribution in [0.15, 0.2) is 60.7 Å². The van der Waals surface area contributed by atoms with E-state index in [0.717, 1.165) is 4.90 Å². The number of hydrogen-bond donors (Lipinski definition) is 0. The number of hydrogen-bond acceptors (Lipinski definition) is 4. The normalized spacial score (nSPS) is 17.3. The van der Waals surface area contributed by atoms with Crippen LogP contribution in [0, 0.1) is 0 Å². The average molecular weight is 324 g/mol. The van der Waals surface area contributed by atoms with Gasteiger partial charge in [0.1, 0.15) is 0 Å². The minimum atomic E-state index is -1.32. The summed E-state index contributed by atoms with van der Waals surface area (Å²) in [5.41, 5.74) is 0.882. The molecule has 2 aromatic carbocycles. The molecule has 0 spiro atoms. The fraction of sp³-hybridized carbons (Fsp3) is 0.167. The van der Waals surface area contributed by atoms with E-state index in [-0.39, 0.29) is 6.61 Å². The van der Waals surface area contributed by atoms with Crippen LogP contribution in [0.2, 0.25) is 0 Å². The summed E-state index contributed by atoms with van der Waals surface area (Å²) in [6.45, 7) is 1.78. The van der Waals surface area contributed by atoms with Crippen molar-refractivity contribution in [1.29, 1.82) is 0 Å². The molecule has 0 bridgehead atoms. The summed E-state index contributed by atoms with van der Waals surface area (Å²) in [5.74, 6) is -1.35. The van der Waals surface area contributed by atoms with Gasteiger partial charge in [-0.05, 0) is 31.2 Å². The molecule has 0 saturated carbocycles. The first-order chi connectivity index (χ1) is 11.6. The molecule has 122 valence electrons. The van der Waals surface area contributed by atoms with Crippen LogP contribution in [0.4, 0.5) is 16.2 Å². The fourth-order valence-electron chi connectivity index (χ4n) is 2.64. The van der Waals surface area contributed by atoms with Crippen LogP contribution in [0.5, 0.6) is 0 Å². The molecule has 1 unspecified atom stereocenters. The van der Waals surface area contributed by atoms with Crippen molar-refractivity contribution in [2.75, 3.05) is 16.4 Å². The topological polar surface area (TPSA) is 66.9 Å². The van der Waals surface area contributed by atoms with Gasteiger partial charge in [-0.2, -0.15) is 0 Å². The SMILES string of the molecule is CCOC(=O)C1C(=O)N(c2ccccc2)C(=O)N1c1ccccc1. The highest BCUT2D eigenvalue weighted by Crippen LogP contribution is 2.30. The third-order valence-corrected chi connectivity index (χ3v) is 3.67. The van der Waals surface area contributed by atoms with Crippen molar-refractivity contribution in [3.63, 3.8) is 0 Å². The number of anilines is 2. The Morgan fingerprint density at radius 2 is 1.50 bits per heavy atom. The van der Waals surface area contributed by atoms with E-state index in [9.17, 15) is 14.4 Å². The number of ether oxygens (including phenoxy) is 1. The van der Waals surface area contributed by atoms with Crippen molar-refractivity contribution in [2.45, 2.75) is 13.0 Å². The van der Waals surface area contributed by atoms with Crippen molar-refractivity contribution >= 4 is 29.3 Å². The van der Waals surface area contributed by atoms with Gasteiger partial charge in [-0.1, -0.05) is 36.4 Å². The summed E-state index contributed by atoms with van der Waals surface area (Å²) in [5, 5.41) is 0. The Balaban J connectivity index is 2.06. The van der Waals surface area contributed by atoms with Gasteiger partial charge in [0, 0.05) is 5.69 Å². The zero-order valence-electron chi connectivity index (χ0n) is 13.1. The van der Waals surface area contributed by atoms with Crippen LogP contribution >= 0.6 is 0 Å². The maximum absolute atomic E-state index is 12.9. The Labute approximate surface area is 139 Å². The van der Waals surface area contributed by atoms with E-state index >= 15 is 0 Å². The van der Waals surface area contributed by atoms with E-state index in [1.165, 1.54) is 4.90 Å². The molecule has 1 saturated heterocycles. The lowest BCUT2D eigenvalue weighted by atomic mass is 10.2. The van der Waals surface area contributed by atoms with Crippen LogP contribution < -0.4 is 9.80 Å². The minimum Gasteiger partial charge on any atom is -0.464 e. The van der Waals surface area contributed by atoms with Crippen molar-refractivity contribution in [3.05, 3.63) is 60.7 Å². The maximum atomic E-state index is 12.9. The number of amides is 3. The molecule has 1 heterocycles. The second kappa shape index (κ2) is 6.54. The number of esters is 1. The lowest BCUT2D eigenvalue weighted by molar-refractivity contribution is -0.146. The summed E-state index contributed by atoms with van der Waals surface area (Å²) in [6, 6.07) is 15.2. The van der Waals surface area contributed by atoms with Crippen LogP contribution in [-0.2, 0) is 14.3 Å². The summed E-state index contributed by atoms with van der Waals surface area (Å²) in [7, 11) is 0. The molecule has 6 nitrogen and oxygen atoms in total. The van der Waals surface area contributed by atoms with E-state index in [1.807, 2.05) is 0 Å². The number of nitrogens with zero attached hydrogens (tertiary/aromatic N) is 2. The van der Waals surface area contributed by atoms with E-state index in [4.69, 9.17) is 4.74 Å². The quantitative estimate of drug-likeness (QED) is 0.492. The Kier molecular flexibility index (Phi) is 4.29. The molecule has 3 rings (SSSR count). The Hall–Kier alpha value is -3.15. The Morgan fingerprint density at radius 3 is 2.04 bits per heavy atom. The van der Waals surface area contributed by atoms with Gasteiger partial charge in [0.15, 0.2) is 0 Å². The van der Waals surface area contributed by atoms with Crippen molar-refractivity contribution in [2.24, 2.45) is 0 Å². The molecule has 0 aliphatic carbocycles. The highest BCUT2D eigenvalue weighted by atomic mass is 16.5. The monoisotopic (exact) mass is 324 g/mol. The zero-order valence-corrected chi connectivity index (χ0v) is 13.1. The van der Waals surface area contributed by atoms with Gasteiger partial charge in [0.05, 0.1) is 12.3 Å². The zero-order chi connectivity index (χ0) is 17.1. The molecule has 1 fully saturated rings. The predicted molar refractivity (Wildman–Crippen MR) is 88.7 cm³/mol. The number of para-hydroxylation sites is 2. The third kappa shape index (κ3) is 2.62. The van der Waals surface area contributed by atoms with Gasteiger partial charge in [0.2, 0.25) is 6.04 Å². The summed E-state index contributed by atoms with van der Waals surface area (Å²) in [4.78, 5) is 40.1. The highest BCUT2D eigenvalue weighted by molar-refractivity contribution is 6.34. The van der Waals surface area contributed by atoms with Crippen LogP contribution in [-0.4, -0.2) is 30.6 Å². The van der Waals surface area contributed by atoms with Crippen molar-refractivity contribution in [3.8, 4) is 0 Å². The first kappa shape index (κ1) is 15.7. The second-order valence-corrected chi connectivity index (χ2v) is 5.15. The standard InChI is InChI=1S/C18H16N2O4/c1-2-24-17(22)15-16(21)20(14-11-7-4-8-12-14)18(23)19(15)13-9-5-3-6-10-13/h3-12,15H,2H2,1H3. The van der Waals surface area contributed by atoms with E-state index in [2.05, 4.69) is 0 Å². The molecule has 24 heavy (non-hydrogen) atoms. The predicted octanol–water partition coefficient (Wildman–Crippen LogP) is 2.59. The Morgan fingerprint density at radius 1 is 0.958 bits per heavy atom. The number of rotatable bonds is 4. The van der Waals surface area contributed by atoms with Crippen LogP contribution in [0.25, 0.3) is 0 Å². The molecule has 3 amide bonds. The molecule has 1 atom stereocenters. The smallest absolute Gasteiger partial charge is 0.339 e. The molecular weight excluding hydrogens is 308 g/mol. The first-order valence-corrected chi connectivity index (χ1v) is 7.59. The molecule has 6 heteroatoms. The molecule has 0 N–H and O–H groups in total. The molecule has 2 aromatic rings. The van der Waals surface area contributed by atoms with Gasteiger partial charge in [-0.25, -0.2) is 14.5 Å². The minimum absolute atomic E-state index is 0.130. The number of benzene rings is 2. The second-order valence-electron chi connectivity index (χ2n) is 5.15. The number of imide groups is 1. The van der Waals surface area contributed by atoms with Gasteiger partial charge in [0.25, 0.3) is 5.91 Å². The van der Waals surface area contributed by atoms with Gasteiger partial charge >= 0.3 is 12.0 Å². The van der Waals surface area contributed by atoms with Crippen LogP contribution in [0.3, 0.4) is 0 Å². The van der Waals surface area contributed by atoms with Gasteiger partial charge in [-0.15, -0.1) is 0 Å². The molecular formula is C18H16N2O4. The van der Waals surface area contributed by atoms with E-state index < -0.39 is 23.9 Å². The van der Waals surface area contributed by atoms with Crippen molar-refractivity contribution in [1.82, 2.24) is 0 Å². The van der Waals surface area contributed by atoms with Crippen molar-refractivity contribution < 1.29 is 19.1 Å². The molecule has 0 radical (unpaired) electrons. The van der Waals surface area contributed by atoms with E-state index in [0.29, 0.717) is 11.4 Å².